The van der Waals surface area contributed by atoms with E-state index in [1.807, 2.05) is 68.4 Å². The Morgan fingerprint density at radius 1 is 1.23 bits per heavy atom. The molecule has 0 spiro atoms. The molecule has 2 rings (SSSR count). The summed E-state index contributed by atoms with van der Waals surface area (Å²) in [5.41, 5.74) is 2.11. The number of benzene rings is 1. The summed E-state index contributed by atoms with van der Waals surface area (Å²) in [4.78, 5) is 18.7. The second-order valence-corrected chi connectivity index (χ2v) is 5.51. The molecule has 1 aromatic carbocycles. The lowest BCUT2D eigenvalue weighted by Gasteiger charge is -2.16. The normalized spacial score (nSPS) is 11.8. The fourth-order valence-electron chi connectivity index (χ4n) is 2.39. The van der Waals surface area contributed by atoms with Gasteiger partial charge in [-0.15, -0.1) is 0 Å². The van der Waals surface area contributed by atoms with E-state index in [1.165, 1.54) is 0 Å². The number of pyridine rings is 1. The molecule has 0 radical (unpaired) electrons. The molecule has 4 nitrogen and oxygen atoms in total. The maximum absolute atomic E-state index is 12.4. The van der Waals surface area contributed by atoms with Gasteiger partial charge in [-0.05, 0) is 29.7 Å². The number of hydrogen-bond donors (Lipinski definition) is 1. The monoisotopic (exact) mass is 297 g/mol. The molecule has 0 aliphatic heterocycles. The fraction of sp³-hybridized carbons (Fsp3) is 0.333. The molecule has 0 unspecified atom stereocenters. The molecule has 116 valence electrons. The second-order valence-electron chi connectivity index (χ2n) is 5.51. The number of nitrogens with one attached hydrogen (secondary N) is 1. The van der Waals surface area contributed by atoms with Crippen LogP contribution in [0.3, 0.4) is 0 Å². The maximum atomic E-state index is 12.4. The first-order valence-electron chi connectivity index (χ1n) is 7.56. The van der Waals surface area contributed by atoms with Crippen molar-refractivity contribution < 1.29 is 4.79 Å². The zero-order valence-corrected chi connectivity index (χ0v) is 13.4. The van der Waals surface area contributed by atoms with Crippen molar-refractivity contribution in [3.8, 4) is 0 Å². The Balaban J connectivity index is 2.01. The highest BCUT2D eigenvalue weighted by Crippen LogP contribution is 2.19. The Labute approximate surface area is 132 Å². The molecule has 1 N–H and O–H groups in total. The van der Waals surface area contributed by atoms with Crippen molar-refractivity contribution in [3.63, 3.8) is 0 Å². The van der Waals surface area contributed by atoms with Gasteiger partial charge in [0.05, 0.1) is 5.92 Å². The zero-order valence-electron chi connectivity index (χ0n) is 13.4. The van der Waals surface area contributed by atoms with Gasteiger partial charge in [-0.3, -0.25) is 4.79 Å². The number of anilines is 1. The first-order chi connectivity index (χ1) is 10.6. The molecule has 1 heterocycles. The summed E-state index contributed by atoms with van der Waals surface area (Å²) >= 11 is 0. The Morgan fingerprint density at radius 2 is 1.95 bits per heavy atom. The van der Waals surface area contributed by atoms with Gasteiger partial charge in [-0.1, -0.05) is 37.3 Å². The van der Waals surface area contributed by atoms with E-state index in [-0.39, 0.29) is 11.8 Å². The number of rotatable bonds is 6. The van der Waals surface area contributed by atoms with Gasteiger partial charge in [0.15, 0.2) is 0 Å². The van der Waals surface area contributed by atoms with Crippen molar-refractivity contribution in [3.05, 3.63) is 59.8 Å². The molecule has 4 heteroatoms. The molecular weight excluding hydrogens is 274 g/mol. The van der Waals surface area contributed by atoms with Gasteiger partial charge in [0.1, 0.15) is 5.82 Å². The minimum Gasteiger partial charge on any atom is -0.363 e. The quantitative estimate of drug-likeness (QED) is 0.891. The van der Waals surface area contributed by atoms with Gasteiger partial charge in [-0.25, -0.2) is 4.98 Å². The zero-order chi connectivity index (χ0) is 15.9. The molecule has 0 bridgehead atoms. The van der Waals surface area contributed by atoms with Gasteiger partial charge in [0.25, 0.3) is 0 Å². The number of amides is 1. The molecule has 0 saturated heterocycles. The van der Waals surface area contributed by atoms with E-state index in [1.54, 1.807) is 6.20 Å². The lowest BCUT2D eigenvalue weighted by atomic mass is 9.95. The maximum Gasteiger partial charge on any atom is 0.227 e. The second kappa shape index (κ2) is 7.59. The number of nitrogens with zero attached hydrogens (tertiary/aromatic N) is 2. The average Bonchev–Trinajstić information content (AvgIpc) is 2.55. The number of aromatic nitrogens is 1. The van der Waals surface area contributed by atoms with E-state index in [0.29, 0.717) is 6.54 Å². The molecular formula is C18H23N3O. The smallest absolute Gasteiger partial charge is 0.227 e. The Bertz CT molecular complexity index is 611. The van der Waals surface area contributed by atoms with Crippen molar-refractivity contribution in [2.45, 2.75) is 25.8 Å². The fourth-order valence-corrected chi connectivity index (χ4v) is 2.39. The third-order valence-electron chi connectivity index (χ3n) is 3.66. The van der Waals surface area contributed by atoms with E-state index in [9.17, 15) is 4.79 Å². The molecule has 1 atom stereocenters. The van der Waals surface area contributed by atoms with Crippen molar-refractivity contribution in [1.29, 1.82) is 0 Å². The summed E-state index contributed by atoms with van der Waals surface area (Å²) in [7, 11) is 3.90. The molecule has 2 aromatic rings. The standard InChI is InChI=1S/C18H23N3O/c1-4-16(15-8-6-5-7-9-15)18(22)20-13-14-10-11-19-17(12-14)21(2)3/h5-12,16H,4,13H2,1-3H3,(H,20,22)/t16-/m1/s1. The molecule has 0 aliphatic rings. The van der Waals surface area contributed by atoms with Gasteiger partial charge in [0, 0.05) is 26.8 Å². The molecule has 0 saturated carbocycles. The van der Waals surface area contributed by atoms with E-state index in [2.05, 4.69) is 10.3 Å². The first kappa shape index (κ1) is 16.0. The summed E-state index contributed by atoms with van der Waals surface area (Å²) in [6.07, 6.45) is 2.56. The SMILES string of the molecule is CC[C@@H](C(=O)NCc1ccnc(N(C)C)c1)c1ccccc1. The Kier molecular flexibility index (Phi) is 5.53. The van der Waals surface area contributed by atoms with Gasteiger partial charge < -0.3 is 10.2 Å². The van der Waals surface area contributed by atoms with E-state index >= 15 is 0 Å². The summed E-state index contributed by atoms with van der Waals surface area (Å²) in [6.45, 7) is 2.55. The van der Waals surface area contributed by atoms with Crippen LogP contribution in [0.15, 0.2) is 48.7 Å². The van der Waals surface area contributed by atoms with Gasteiger partial charge in [-0.2, -0.15) is 0 Å². The summed E-state index contributed by atoms with van der Waals surface area (Å²) < 4.78 is 0. The highest BCUT2D eigenvalue weighted by atomic mass is 16.1. The van der Waals surface area contributed by atoms with Crippen LogP contribution in [0.25, 0.3) is 0 Å². The third kappa shape index (κ3) is 4.07. The summed E-state index contributed by atoms with van der Waals surface area (Å²) in [5, 5.41) is 3.03. The Morgan fingerprint density at radius 3 is 2.59 bits per heavy atom. The van der Waals surface area contributed by atoms with Gasteiger partial charge in [0.2, 0.25) is 5.91 Å². The van der Waals surface area contributed by atoms with Crippen LogP contribution in [0.4, 0.5) is 5.82 Å². The van der Waals surface area contributed by atoms with Crippen LogP contribution < -0.4 is 10.2 Å². The van der Waals surface area contributed by atoms with Crippen LogP contribution in [0, 0.1) is 0 Å². The predicted molar refractivity (Wildman–Crippen MR) is 89.9 cm³/mol. The van der Waals surface area contributed by atoms with Crippen LogP contribution in [0.2, 0.25) is 0 Å². The number of hydrogen-bond acceptors (Lipinski definition) is 3. The molecule has 0 fully saturated rings. The summed E-state index contributed by atoms with van der Waals surface area (Å²) in [6, 6.07) is 13.8. The lowest BCUT2D eigenvalue weighted by molar-refractivity contribution is -0.122. The van der Waals surface area contributed by atoms with E-state index in [0.717, 1.165) is 23.4 Å². The third-order valence-corrected chi connectivity index (χ3v) is 3.66. The van der Waals surface area contributed by atoms with Crippen LogP contribution in [0.5, 0.6) is 0 Å². The minimum absolute atomic E-state index is 0.0666. The van der Waals surface area contributed by atoms with Crippen LogP contribution in [0.1, 0.15) is 30.4 Å². The van der Waals surface area contributed by atoms with Crippen LogP contribution in [-0.4, -0.2) is 25.0 Å². The van der Waals surface area contributed by atoms with Crippen molar-refractivity contribution in [2.24, 2.45) is 0 Å². The molecule has 1 aromatic heterocycles. The summed E-state index contributed by atoms with van der Waals surface area (Å²) in [5.74, 6) is 0.857. The number of carbonyl (C=O) groups excluding carboxylic acids is 1. The predicted octanol–water partition coefficient (Wildman–Crippen LogP) is 2.96. The van der Waals surface area contributed by atoms with Crippen LogP contribution >= 0.6 is 0 Å². The minimum atomic E-state index is -0.101. The van der Waals surface area contributed by atoms with E-state index in [4.69, 9.17) is 0 Å². The number of carbonyl (C=O) groups is 1. The van der Waals surface area contributed by atoms with Gasteiger partial charge >= 0.3 is 0 Å². The Hall–Kier alpha value is -2.36. The van der Waals surface area contributed by atoms with Crippen molar-refractivity contribution in [2.75, 3.05) is 19.0 Å². The lowest BCUT2D eigenvalue weighted by Crippen LogP contribution is -2.28. The van der Waals surface area contributed by atoms with Crippen LogP contribution in [-0.2, 0) is 11.3 Å². The largest absolute Gasteiger partial charge is 0.363 e. The van der Waals surface area contributed by atoms with Crippen molar-refractivity contribution >= 4 is 11.7 Å². The highest BCUT2D eigenvalue weighted by molar-refractivity contribution is 5.83. The van der Waals surface area contributed by atoms with E-state index < -0.39 is 0 Å². The first-order valence-corrected chi connectivity index (χ1v) is 7.56. The molecule has 1 amide bonds. The topological polar surface area (TPSA) is 45.2 Å². The highest BCUT2D eigenvalue weighted by Gasteiger charge is 2.17. The average molecular weight is 297 g/mol. The molecule has 22 heavy (non-hydrogen) atoms. The molecule has 0 aliphatic carbocycles. The van der Waals surface area contributed by atoms with Crippen molar-refractivity contribution in [1.82, 2.24) is 10.3 Å².